The highest BCUT2D eigenvalue weighted by Crippen LogP contribution is 2.27. The molecule has 0 aliphatic carbocycles. The molecule has 0 spiro atoms. The van der Waals surface area contributed by atoms with E-state index in [9.17, 15) is 4.79 Å². The van der Waals surface area contributed by atoms with E-state index in [4.69, 9.17) is 4.74 Å². The van der Waals surface area contributed by atoms with Crippen molar-refractivity contribution in [1.82, 2.24) is 0 Å². The number of nitrogens with one attached hydrogen (secondary N) is 2. The molecule has 0 aliphatic heterocycles. The third-order valence-electron chi connectivity index (χ3n) is 3.12. The Morgan fingerprint density at radius 2 is 1.95 bits per heavy atom. The van der Waals surface area contributed by atoms with Gasteiger partial charge in [0, 0.05) is 19.2 Å². The second-order valence-electron chi connectivity index (χ2n) is 4.94. The number of ether oxygens (including phenoxy) is 1. The maximum atomic E-state index is 11.1. The number of hydrogen-bond acceptors (Lipinski definition) is 3. The first-order valence-corrected chi connectivity index (χ1v) is 7.37. The number of carbonyl (C=O) groups is 1. The zero-order valence-corrected chi connectivity index (χ0v) is 12.8. The number of carbonyl (C=O) groups excluding carboxylic acids is 1. The zero-order valence-electron chi connectivity index (χ0n) is 12.8. The van der Waals surface area contributed by atoms with Gasteiger partial charge in [-0.05, 0) is 24.6 Å². The Kier molecular flexibility index (Phi) is 7.55. The van der Waals surface area contributed by atoms with Crippen LogP contribution in [0.3, 0.4) is 0 Å². The van der Waals surface area contributed by atoms with Gasteiger partial charge in [0.25, 0.3) is 0 Å². The Hall–Kier alpha value is -1.71. The fourth-order valence-corrected chi connectivity index (χ4v) is 2.08. The number of benzene rings is 1. The molecule has 0 saturated carbocycles. The summed E-state index contributed by atoms with van der Waals surface area (Å²) in [6.07, 6.45) is 6.25. The summed E-state index contributed by atoms with van der Waals surface area (Å²) in [6.45, 7) is 4.64. The predicted molar refractivity (Wildman–Crippen MR) is 84.5 cm³/mol. The molecule has 1 amide bonds. The second kappa shape index (κ2) is 9.23. The normalized spacial score (nSPS) is 10.2. The summed E-state index contributed by atoms with van der Waals surface area (Å²) in [7, 11) is 1.65. The van der Waals surface area contributed by atoms with Crippen LogP contribution in [0.15, 0.2) is 18.2 Å². The molecule has 1 rings (SSSR count). The van der Waals surface area contributed by atoms with Gasteiger partial charge in [-0.25, -0.2) is 0 Å². The highest BCUT2D eigenvalue weighted by atomic mass is 16.5. The van der Waals surface area contributed by atoms with Gasteiger partial charge >= 0.3 is 0 Å². The summed E-state index contributed by atoms with van der Waals surface area (Å²) in [4.78, 5) is 11.1. The summed E-state index contributed by atoms with van der Waals surface area (Å²) in [6, 6.07) is 5.61. The van der Waals surface area contributed by atoms with Crippen LogP contribution in [0.25, 0.3) is 0 Å². The van der Waals surface area contributed by atoms with Crippen molar-refractivity contribution in [1.29, 1.82) is 0 Å². The molecule has 0 aromatic heterocycles. The molecule has 112 valence electrons. The fourth-order valence-electron chi connectivity index (χ4n) is 2.08. The Labute approximate surface area is 121 Å². The largest absolute Gasteiger partial charge is 0.495 e. The molecule has 0 radical (unpaired) electrons. The Bertz CT molecular complexity index is 419. The molecule has 0 heterocycles. The van der Waals surface area contributed by atoms with Crippen LogP contribution in [0.5, 0.6) is 5.75 Å². The maximum Gasteiger partial charge on any atom is 0.221 e. The van der Waals surface area contributed by atoms with E-state index in [0.29, 0.717) is 0 Å². The van der Waals surface area contributed by atoms with Crippen molar-refractivity contribution in [2.24, 2.45) is 0 Å². The van der Waals surface area contributed by atoms with Crippen LogP contribution >= 0.6 is 0 Å². The smallest absolute Gasteiger partial charge is 0.221 e. The third kappa shape index (κ3) is 5.95. The van der Waals surface area contributed by atoms with Gasteiger partial charge in [-0.15, -0.1) is 0 Å². The highest BCUT2D eigenvalue weighted by molar-refractivity contribution is 5.89. The number of rotatable bonds is 9. The molecular formula is C16H26N2O2. The van der Waals surface area contributed by atoms with E-state index in [2.05, 4.69) is 17.6 Å². The van der Waals surface area contributed by atoms with E-state index in [0.717, 1.165) is 30.1 Å². The summed E-state index contributed by atoms with van der Waals surface area (Å²) >= 11 is 0. The van der Waals surface area contributed by atoms with Gasteiger partial charge in [-0.3, -0.25) is 4.79 Å². The van der Waals surface area contributed by atoms with Gasteiger partial charge in [-0.1, -0.05) is 32.6 Å². The minimum Gasteiger partial charge on any atom is -0.495 e. The van der Waals surface area contributed by atoms with Crippen molar-refractivity contribution in [3.05, 3.63) is 18.2 Å². The SMILES string of the molecule is CCCCCCCNc1cc(NC(C)=O)ccc1OC. The predicted octanol–water partition coefficient (Wildman–Crippen LogP) is 4.04. The van der Waals surface area contributed by atoms with Crippen molar-refractivity contribution < 1.29 is 9.53 Å². The standard InChI is InChI=1S/C16H26N2O2/c1-4-5-6-7-8-11-17-15-12-14(18-13(2)19)9-10-16(15)20-3/h9-10,12,17H,4-8,11H2,1-3H3,(H,18,19). The molecule has 0 aliphatic rings. The number of unbranched alkanes of at least 4 members (excludes halogenated alkanes) is 4. The van der Waals surface area contributed by atoms with Crippen LogP contribution in [-0.4, -0.2) is 19.6 Å². The Morgan fingerprint density at radius 1 is 1.20 bits per heavy atom. The molecule has 0 atom stereocenters. The molecular weight excluding hydrogens is 252 g/mol. The summed E-state index contributed by atoms with van der Waals surface area (Å²) in [5, 5.41) is 6.16. The average Bonchev–Trinajstić information content (AvgIpc) is 2.42. The lowest BCUT2D eigenvalue weighted by Gasteiger charge is -2.13. The maximum absolute atomic E-state index is 11.1. The molecule has 0 bridgehead atoms. The van der Waals surface area contributed by atoms with Crippen LogP contribution in [0.1, 0.15) is 46.0 Å². The lowest BCUT2D eigenvalue weighted by atomic mass is 10.1. The zero-order chi connectivity index (χ0) is 14.8. The van der Waals surface area contributed by atoms with Crippen LogP contribution in [-0.2, 0) is 4.79 Å². The number of amides is 1. The van der Waals surface area contributed by atoms with Gasteiger partial charge in [-0.2, -0.15) is 0 Å². The molecule has 1 aromatic rings. The van der Waals surface area contributed by atoms with Crippen LogP contribution < -0.4 is 15.4 Å². The van der Waals surface area contributed by atoms with Gasteiger partial charge in [0.15, 0.2) is 0 Å². The molecule has 4 nitrogen and oxygen atoms in total. The summed E-state index contributed by atoms with van der Waals surface area (Å²) in [5.74, 6) is 0.730. The molecule has 4 heteroatoms. The molecule has 0 saturated heterocycles. The summed E-state index contributed by atoms with van der Waals surface area (Å²) < 4.78 is 5.33. The van der Waals surface area contributed by atoms with E-state index in [1.54, 1.807) is 7.11 Å². The average molecular weight is 278 g/mol. The van der Waals surface area contributed by atoms with Gasteiger partial charge in [0.1, 0.15) is 5.75 Å². The van der Waals surface area contributed by atoms with Crippen LogP contribution in [0.4, 0.5) is 11.4 Å². The Morgan fingerprint density at radius 3 is 2.60 bits per heavy atom. The summed E-state index contributed by atoms with van der Waals surface area (Å²) in [5.41, 5.74) is 1.71. The minimum absolute atomic E-state index is 0.0688. The molecule has 1 aromatic carbocycles. The molecule has 20 heavy (non-hydrogen) atoms. The topological polar surface area (TPSA) is 50.4 Å². The first kappa shape index (κ1) is 16.3. The number of methoxy groups -OCH3 is 1. The van der Waals surface area contributed by atoms with Crippen LogP contribution in [0.2, 0.25) is 0 Å². The number of anilines is 2. The monoisotopic (exact) mass is 278 g/mol. The van der Waals surface area contributed by atoms with E-state index in [1.165, 1.54) is 32.6 Å². The third-order valence-corrected chi connectivity index (χ3v) is 3.12. The van der Waals surface area contributed by atoms with Crippen molar-refractivity contribution in [2.75, 3.05) is 24.3 Å². The quantitative estimate of drug-likeness (QED) is 0.670. The van der Waals surface area contributed by atoms with E-state index in [-0.39, 0.29) is 5.91 Å². The van der Waals surface area contributed by atoms with Gasteiger partial charge in [0.05, 0.1) is 12.8 Å². The molecule has 0 fully saturated rings. The van der Waals surface area contributed by atoms with Crippen molar-refractivity contribution in [3.63, 3.8) is 0 Å². The van der Waals surface area contributed by atoms with E-state index in [1.807, 2.05) is 18.2 Å². The lowest BCUT2D eigenvalue weighted by molar-refractivity contribution is -0.114. The highest BCUT2D eigenvalue weighted by Gasteiger charge is 2.04. The van der Waals surface area contributed by atoms with Crippen LogP contribution in [0, 0.1) is 0 Å². The first-order valence-electron chi connectivity index (χ1n) is 7.37. The number of hydrogen-bond donors (Lipinski definition) is 2. The van der Waals surface area contributed by atoms with Gasteiger partial charge < -0.3 is 15.4 Å². The van der Waals surface area contributed by atoms with Crippen molar-refractivity contribution >= 4 is 17.3 Å². The minimum atomic E-state index is -0.0688. The first-order chi connectivity index (χ1) is 9.67. The van der Waals surface area contributed by atoms with Crippen molar-refractivity contribution in [3.8, 4) is 5.75 Å². The molecule has 2 N–H and O–H groups in total. The second-order valence-corrected chi connectivity index (χ2v) is 4.94. The Balaban J connectivity index is 2.50. The van der Waals surface area contributed by atoms with E-state index < -0.39 is 0 Å². The van der Waals surface area contributed by atoms with E-state index >= 15 is 0 Å². The molecule has 0 unspecified atom stereocenters. The van der Waals surface area contributed by atoms with Gasteiger partial charge in [0.2, 0.25) is 5.91 Å². The lowest BCUT2D eigenvalue weighted by Crippen LogP contribution is -2.08. The van der Waals surface area contributed by atoms with Crippen molar-refractivity contribution in [2.45, 2.75) is 46.0 Å². The fraction of sp³-hybridized carbons (Fsp3) is 0.562.